The van der Waals surface area contributed by atoms with Crippen LogP contribution in [-0.2, 0) is 11.2 Å². The van der Waals surface area contributed by atoms with Gasteiger partial charge >= 0.3 is 6.03 Å². The highest BCUT2D eigenvalue weighted by molar-refractivity contribution is 6.08. The summed E-state index contributed by atoms with van der Waals surface area (Å²) in [4.78, 5) is 36.3. The number of nitrogens with one attached hydrogen (secondary N) is 1. The molecule has 0 bridgehead atoms. The molecule has 3 aliphatic heterocycles. The lowest BCUT2D eigenvalue weighted by molar-refractivity contribution is -0.133. The Labute approximate surface area is 213 Å². The van der Waals surface area contributed by atoms with Crippen LogP contribution in [0.15, 0.2) is 48.6 Å². The Balaban J connectivity index is 1.44. The summed E-state index contributed by atoms with van der Waals surface area (Å²) in [6.07, 6.45) is 5.20. The van der Waals surface area contributed by atoms with E-state index >= 15 is 0 Å². The molecule has 192 valence electrons. The van der Waals surface area contributed by atoms with Crippen LogP contribution in [0.25, 0.3) is 10.9 Å². The highest BCUT2D eigenvalue weighted by atomic mass is 19.1. The minimum atomic E-state index is -1.13. The summed E-state index contributed by atoms with van der Waals surface area (Å²) in [6.45, 7) is 4.71. The van der Waals surface area contributed by atoms with Gasteiger partial charge in [-0.25, -0.2) is 9.18 Å². The normalized spacial score (nSPS) is 23.3. The number of hydrogen-bond acceptors (Lipinski definition) is 5. The van der Waals surface area contributed by atoms with Crippen molar-refractivity contribution in [1.29, 1.82) is 0 Å². The van der Waals surface area contributed by atoms with E-state index in [9.17, 15) is 19.1 Å². The second kappa shape index (κ2) is 8.62. The van der Waals surface area contributed by atoms with Crippen molar-refractivity contribution < 1.29 is 23.8 Å². The number of aromatic nitrogens is 1. The topological polar surface area (TPSA) is 89.1 Å². The molecule has 6 rings (SSSR count). The fourth-order valence-electron chi connectivity index (χ4n) is 6.07. The molecule has 0 spiro atoms. The van der Waals surface area contributed by atoms with Gasteiger partial charge in [0.1, 0.15) is 17.3 Å². The number of hydrogen-bond donors (Lipinski definition) is 2. The molecule has 2 aromatic carbocycles. The maximum Gasteiger partial charge on any atom is 0.328 e. The molecule has 0 saturated carbocycles. The van der Waals surface area contributed by atoms with Gasteiger partial charge in [-0.05, 0) is 42.7 Å². The quantitative estimate of drug-likeness (QED) is 0.392. The van der Waals surface area contributed by atoms with E-state index in [-0.39, 0.29) is 29.9 Å². The predicted molar refractivity (Wildman–Crippen MR) is 136 cm³/mol. The molecule has 3 amide bonds. The molecule has 2 atom stereocenters. The highest BCUT2D eigenvalue weighted by Crippen LogP contribution is 2.49. The zero-order valence-corrected chi connectivity index (χ0v) is 20.8. The van der Waals surface area contributed by atoms with Crippen molar-refractivity contribution in [2.24, 2.45) is 0 Å². The first-order chi connectivity index (χ1) is 17.8. The smallest absolute Gasteiger partial charge is 0.328 e. The predicted octanol–water partition coefficient (Wildman–Crippen LogP) is 3.95. The summed E-state index contributed by atoms with van der Waals surface area (Å²) in [5, 5.41) is 11.0. The third kappa shape index (κ3) is 3.60. The first-order valence-electron chi connectivity index (χ1n) is 12.5. The minimum Gasteiger partial charge on any atom is -0.508 e. The van der Waals surface area contributed by atoms with Crippen LogP contribution in [0.1, 0.15) is 36.2 Å². The third-order valence-electron chi connectivity index (χ3n) is 7.87. The number of phenols is 1. The van der Waals surface area contributed by atoms with E-state index in [4.69, 9.17) is 4.74 Å². The Bertz CT molecular complexity index is 1440. The number of fused-ring (bicyclic) bond motifs is 4. The van der Waals surface area contributed by atoms with Gasteiger partial charge in [0.25, 0.3) is 5.91 Å². The maximum atomic E-state index is 14.6. The fraction of sp³-hybridized carbons (Fsp3) is 0.357. The number of methoxy groups -OCH3 is 1. The lowest BCUT2D eigenvalue weighted by Crippen LogP contribution is -2.53. The summed E-state index contributed by atoms with van der Waals surface area (Å²) in [7, 11) is 1.41. The second-order valence-electron chi connectivity index (χ2n) is 10.2. The standard InChI is InChI=1S/C28H29FN4O4/c1-28-16-20-19-14-23(37-2)21(29)15-22(19)30-24(20)25(17-7-5-8-18(34)13-17)33(28)27(36)32(26(28)35)12-6-11-31-9-3-4-10-31/h3-5,7-8,13-15,25,30,34H,6,9-12,16H2,1-2H3/t25-,28+/m1/s1. The molecule has 1 aromatic heterocycles. The van der Waals surface area contributed by atoms with E-state index < -0.39 is 17.4 Å². The monoisotopic (exact) mass is 504 g/mol. The number of aromatic hydroxyl groups is 1. The zero-order valence-electron chi connectivity index (χ0n) is 20.8. The van der Waals surface area contributed by atoms with E-state index in [1.807, 2.05) is 6.07 Å². The highest BCUT2D eigenvalue weighted by Gasteiger charge is 2.60. The van der Waals surface area contributed by atoms with E-state index in [0.717, 1.165) is 30.6 Å². The van der Waals surface area contributed by atoms with Crippen molar-refractivity contribution in [3.05, 3.63) is 71.2 Å². The second-order valence-corrected chi connectivity index (χ2v) is 10.2. The molecule has 0 radical (unpaired) electrons. The van der Waals surface area contributed by atoms with Crippen LogP contribution >= 0.6 is 0 Å². The number of nitrogens with zero attached hydrogens (tertiary/aromatic N) is 3. The molecule has 4 heterocycles. The first-order valence-corrected chi connectivity index (χ1v) is 12.5. The van der Waals surface area contributed by atoms with Crippen LogP contribution in [0.3, 0.4) is 0 Å². The van der Waals surface area contributed by atoms with Crippen LogP contribution in [-0.4, -0.2) is 75.6 Å². The van der Waals surface area contributed by atoms with Crippen molar-refractivity contribution in [2.45, 2.75) is 31.3 Å². The zero-order chi connectivity index (χ0) is 25.9. The molecule has 1 fully saturated rings. The van der Waals surface area contributed by atoms with E-state index in [1.165, 1.54) is 18.1 Å². The number of amides is 3. The number of urea groups is 1. The average Bonchev–Trinajstić information content (AvgIpc) is 3.55. The van der Waals surface area contributed by atoms with Gasteiger partial charge in [-0.2, -0.15) is 0 Å². The first kappa shape index (κ1) is 23.5. The molecule has 3 aliphatic rings. The SMILES string of the molecule is COc1cc2c3c([nH]c2cc1F)[C@@H](c1cccc(O)c1)N1C(=O)N(CCCN2CC=CC2)C(=O)[C@]1(C)C3. The van der Waals surface area contributed by atoms with Gasteiger partial charge in [-0.15, -0.1) is 0 Å². The molecule has 2 N–H and O–H groups in total. The maximum absolute atomic E-state index is 14.6. The fourth-order valence-corrected chi connectivity index (χ4v) is 6.07. The van der Waals surface area contributed by atoms with Crippen molar-refractivity contribution in [3.63, 3.8) is 0 Å². The van der Waals surface area contributed by atoms with Gasteiger partial charge in [0.05, 0.1) is 7.11 Å². The number of imide groups is 1. The van der Waals surface area contributed by atoms with Crippen molar-refractivity contribution in [1.82, 2.24) is 19.7 Å². The third-order valence-corrected chi connectivity index (χ3v) is 7.87. The molecule has 3 aromatic rings. The lowest BCUT2D eigenvalue weighted by Gasteiger charge is -2.42. The number of benzene rings is 2. The van der Waals surface area contributed by atoms with E-state index in [2.05, 4.69) is 22.0 Å². The van der Waals surface area contributed by atoms with Gasteiger partial charge in [-0.3, -0.25) is 19.5 Å². The minimum absolute atomic E-state index is 0.0594. The average molecular weight is 505 g/mol. The van der Waals surface area contributed by atoms with Crippen LogP contribution < -0.4 is 4.74 Å². The summed E-state index contributed by atoms with van der Waals surface area (Å²) in [5.74, 6) is -0.566. The van der Waals surface area contributed by atoms with Crippen LogP contribution in [0.2, 0.25) is 0 Å². The molecule has 8 nitrogen and oxygen atoms in total. The van der Waals surface area contributed by atoms with Gasteiger partial charge in [0, 0.05) is 55.3 Å². The number of aromatic amines is 1. The van der Waals surface area contributed by atoms with Crippen LogP contribution in [0.5, 0.6) is 11.5 Å². The molecular formula is C28H29FN4O4. The number of carbonyl (C=O) groups excluding carboxylic acids is 2. The molecule has 1 saturated heterocycles. The largest absolute Gasteiger partial charge is 0.508 e. The molecular weight excluding hydrogens is 475 g/mol. The summed E-state index contributed by atoms with van der Waals surface area (Å²) in [6, 6.07) is 8.71. The summed E-state index contributed by atoms with van der Waals surface area (Å²) < 4.78 is 19.8. The molecule has 37 heavy (non-hydrogen) atoms. The summed E-state index contributed by atoms with van der Waals surface area (Å²) in [5.41, 5.74) is 1.64. The Kier molecular flexibility index (Phi) is 5.49. The van der Waals surface area contributed by atoms with Crippen molar-refractivity contribution in [3.8, 4) is 11.5 Å². The van der Waals surface area contributed by atoms with Crippen LogP contribution in [0.4, 0.5) is 9.18 Å². The lowest BCUT2D eigenvalue weighted by atomic mass is 9.81. The number of phenolic OH excluding ortho intramolecular Hbond substituents is 1. The molecule has 0 aliphatic carbocycles. The number of H-pyrrole nitrogens is 1. The molecule has 9 heteroatoms. The van der Waals surface area contributed by atoms with Crippen LogP contribution in [0, 0.1) is 5.82 Å². The van der Waals surface area contributed by atoms with Gasteiger partial charge in [0.2, 0.25) is 0 Å². The van der Waals surface area contributed by atoms with Crippen molar-refractivity contribution >= 4 is 22.8 Å². The van der Waals surface area contributed by atoms with Gasteiger partial charge in [-0.1, -0.05) is 24.3 Å². The van der Waals surface area contributed by atoms with Crippen molar-refractivity contribution in [2.75, 3.05) is 33.3 Å². The van der Waals surface area contributed by atoms with E-state index in [1.54, 1.807) is 36.1 Å². The number of carbonyl (C=O) groups is 2. The Morgan fingerprint density at radius 3 is 2.68 bits per heavy atom. The van der Waals surface area contributed by atoms with Gasteiger partial charge < -0.3 is 14.8 Å². The molecule has 0 unspecified atom stereocenters. The summed E-state index contributed by atoms with van der Waals surface area (Å²) >= 11 is 0. The Morgan fingerprint density at radius 2 is 1.95 bits per heavy atom. The number of halogens is 1. The Hall–Kier alpha value is -3.85. The number of rotatable bonds is 6. The Morgan fingerprint density at radius 1 is 1.16 bits per heavy atom. The number of ether oxygens (including phenoxy) is 1. The van der Waals surface area contributed by atoms with E-state index in [0.29, 0.717) is 29.7 Å². The van der Waals surface area contributed by atoms with Gasteiger partial charge in [0.15, 0.2) is 11.6 Å².